The molecule has 0 heterocycles. The van der Waals surface area contributed by atoms with Crippen LogP contribution in [0.2, 0.25) is 14.8 Å². The van der Waals surface area contributed by atoms with Crippen molar-refractivity contribution in [1.82, 2.24) is 0 Å². The van der Waals surface area contributed by atoms with Gasteiger partial charge in [-0.2, -0.15) is 0 Å². The Bertz CT molecular complexity index is 79.1. The van der Waals surface area contributed by atoms with Crippen molar-refractivity contribution >= 4 is 14.3 Å². The molecule has 9 heavy (non-hydrogen) atoms. The fourth-order valence-electron chi connectivity index (χ4n) is 1.00. The van der Waals surface area contributed by atoms with E-state index in [9.17, 15) is 0 Å². The molecule has 0 nitrogen and oxygen atoms in total. The maximum atomic E-state index is 2.51. The van der Waals surface area contributed by atoms with Gasteiger partial charge in [-0.05, 0) is 0 Å². The molecular weight excluding hydrogens is 169 g/mol. The van der Waals surface area contributed by atoms with Crippen LogP contribution in [0.1, 0.15) is 34.6 Å². The Hall–Kier alpha value is 0.543. The van der Waals surface area contributed by atoms with Gasteiger partial charge < -0.3 is 0 Å². The van der Waals surface area contributed by atoms with E-state index in [1.807, 2.05) is 0 Å². The average molecular weight is 189 g/mol. The van der Waals surface area contributed by atoms with Crippen LogP contribution in [0, 0.1) is 0 Å². The molecule has 0 amide bonds. The second-order valence-corrected chi connectivity index (χ2v) is 14.1. The van der Waals surface area contributed by atoms with E-state index in [2.05, 4.69) is 40.4 Å². The van der Waals surface area contributed by atoms with Crippen LogP contribution in [0.15, 0.2) is 0 Å². The second kappa shape index (κ2) is 3.09. The van der Waals surface area contributed by atoms with Crippen molar-refractivity contribution in [2.45, 2.75) is 49.4 Å². The molecule has 0 rings (SSSR count). The minimum absolute atomic E-state index is 0.668. The molecule has 0 spiro atoms. The summed E-state index contributed by atoms with van der Waals surface area (Å²) in [6.07, 6.45) is 0. The molecule has 1 heteroatoms. The Morgan fingerprint density at radius 1 is 1.11 bits per heavy atom. The number of hydrogen-bond donors (Lipinski definition) is 0. The second-order valence-electron chi connectivity index (χ2n) is 4.40. The van der Waals surface area contributed by atoms with Crippen LogP contribution in [0.3, 0.4) is 0 Å². The molecule has 0 N–H and O–H groups in total. The third-order valence-electron chi connectivity index (χ3n) is 2.37. The zero-order valence-corrected chi connectivity index (χ0v) is 10.1. The van der Waals surface area contributed by atoms with E-state index >= 15 is 0 Å². The van der Waals surface area contributed by atoms with E-state index in [1.54, 1.807) is 0 Å². The quantitative estimate of drug-likeness (QED) is 0.556. The van der Waals surface area contributed by atoms with Crippen LogP contribution in [0.25, 0.3) is 0 Å². The van der Waals surface area contributed by atoms with Crippen molar-refractivity contribution in [3.8, 4) is 0 Å². The summed E-state index contributed by atoms with van der Waals surface area (Å²) >= 11 is -0.912. The summed E-state index contributed by atoms with van der Waals surface area (Å²) in [5.74, 6) is 2.51. The van der Waals surface area contributed by atoms with Crippen molar-refractivity contribution in [3.63, 3.8) is 0 Å². The average Bonchev–Trinajstić information content (AvgIpc) is 1.62. The molecular formula is C8H20Ge. The summed E-state index contributed by atoms with van der Waals surface area (Å²) in [7, 11) is 0. The van der Waals surface area contributed by atoms with Crippen molar-refractivity contribution in [1.29, 1.82) is 0 Å². The van der Waals surface area contributed by atoms with Gasteiger partial charge >= 0.3 is 63.7 Å². The predicted octanol–water partition coefficient (Wildman–Crippen LogP) is 3.05. The molecule has 56 valence electrons. The number of rotatable bonds is 1. The normalized spacial score (nSPS) is 16.3. The van der Waals surface area contributed by atoms with E-state index in [1.165, 1.54) is 0 Å². The summed E-state index contributed by atoms with van der Waals surface area (Å²) in [5.41, 5.74) is 0. The molecule has 0 radical (unpaired) electrons. The van der Waals surface area contributed by atoms with Gasteiger partial charge in [0.2, 0.25) is 0 Å². The predicted molar refractivity (Wildman–Crippen MR) is 47.8 cm³/mol. The van der Waals surface area contributed by atoms with E-state index in [0.717, 1.165) is 4.75 Å². The zero-order chi connectivity index (χ0) is 7.65. The summed E-state index contributed by atoms with van der Waals surface area (Å²) in [5, 5.41) is 0. The van der Waals surface area contributed by atoms with Gasteiger partial charge in [0.1, 0.15) is 0 Å². The summed E-state index contributed by atoms with van der Waals surface area (Å²) in [4.78, 5) is 0. The summed E-state index contributed by atoms with van der Waals surface area (Å²) in [6.45, 7) is 11.9. The molecule has 0 bridgehead atoms. The first-order valence-corrected chi connectivity index (χ1v) is 8.89. The van der Waals surface area contributed by atoms with Crippen LogP contribution in [-0.4, -0.2) is 14.3 Å². The summed E-state index contributed by atoms with van der Waals surface area (Å²) < 4.78 is 1.67. The van der Waals surface area contributed by atoms with Gasteiger partial charge in [0.05, 0.1) is 0 Å². The first kappa shape index (κ1) is 9.54. The van der Waals surface area contributed by atoms with E-state index in [-0.39, 0.29) is 0 Å². The summed E-state index contributed by atoms with van der Waals surface area (Å²) in [6, 6.07) is 0. The van der Waals surface area contributed by atoms with E-state index in [4.69, 9.17) is 0 Å². The van der Waals surface area contributed by atoms with Gasteiger partial charge in [-0.3, -0.25) is 0 Å². The Labute approximate surface area is 64.1 Å². The zero-order valence-electron chi connectivity index (χ0n) is 7.65. The molecule has 1 unspecified atom stereocenters. The molecule has 0 aliphatic carbocycles. The molecule has 0 aromatic carbocycles. The molecule has 0 aliphatic heterocycles. The van der Waals surface area contributed by atoms with Gasteiger partial charge in [-0.25, -0.2) is 0 Å². The third kappa shape index (κ3) is 3.29. The minimum atomic E-state index is -0.912. The third-order valence-corrected chi connectivity index (χ3v) is 12.3. The first-order chi connectivity index (χ1) is 3.85. The number of hydrogen-bond acceptors (Lipinski definition) is 0. The van der Waals surface area contributed by atoms with Crippen molar-refractivity contribution < 1.29 is 0 Å². The van der Waals surface area contributed by atoms with Gasteiger partial charge in [0.15, 0.2) is 0 Å². The Morgan fingerprint density at radius 3 is 1.44 bits per heavy atom. The van der Waals surface area contributed by atoms with Gasteiger partial charge in [-0.15, -0.1) is 0 Å². The molecule has 0 aromatic heterocycles. The van der Waals surface area contributed by atoms with Crippen molar-refractivity contribution in [2.75, 3.05) is 0 Å². The topological polar surface area (TPSA) is 0 Å². The SMILES string of the molecule is C[CH](C)[GeH]([CH3])[C](C)(C)C. The standard InChI is InChI=1S/C8H20Ge/c1-7(2)9(6)8(3,4)5/h7,9H,1-6H3. The maximum absolute atomic E-state index is 2.51. The Kier molecular flexibility index (Phi) is 3.28. The monoisotopic (exact) mass is 190 g/mol. The molecule has 0 aromatic rings. The molecule has 0 aliphatic rings. The fraction of sp³-hybridized carbons (Fsp3) is 1.00. The molecule has 0 saturated heterocycles. The van der Waals surface area contributed by atoms with Gasteiger partial charge in [0.25, 0.3) is 0 Å². The van der Waals surface area contributed by atoms with Crippen LogP contribution in [-0.2, 0) is 0 Å². The van der Waals surface area contributed by atoms with Crippen molar-refractivity contribution in [3.05, 3.63) is 0 Å². The van der Waals surface area contributed by atoms with E-state index < -0.39 is 14.3 Å². The molecule has 0 saturated carbocycles. The Balaban J connectivity index is 3.88. The van der Waals surface area contributed by atoms with Crippen LogP contribution in [0.4, 0.5) is 0 Å². The van der Waals surface area contributed by atoms with Crippen LogP contribution >= 0.6 is 0 Å². The van der Waals surface area contributed by atoms with E-state index in [0.29, 0.717) is 4.25 Å². The molecule has 1 atom stereocenters. The van der Waals surface area contributed by atoms with Crippen LogP contribution < -0.4 is 0 Å². The first-order valence-electron chi connectivity index (χ1n) is 3.85. The van der Waals surface area contributed by atoms with Gasteiger partial charge in [-0.1, -0.05) is 0 Å². The van der Waals surface area contributed by atoms with Crippen LogP contribution in [0.5, 0.6) is 0 Å². The van der Waals surface area contributed by atoms with Crippen molar-refractivity contribution in [2.24, 2.45) is 0 Å². The van der Waals surface area contributed by atoms with Gasteiger partial charge in [0, 0.05) is 0 Å². The Morgan fingerprint density at radius 2 is 1.44 bits per heavy atom. The molecule has 0 fully saturated rings. The fourth-order valence-corrected chi connectivity index (χ4v) is 5.20.